The van der Waals surface area contributed by atoms with E-state index >= 15 is 0 Å². The van der Waals surface area contributed by atoms with Gasteiger partial charge in [0.1, 0.15) is 5.69 Å². The Kier molecular flexibility index (Phi) is 5.96. The molecule has 1 aromatic carbocycles. The predicted molar refractivity (Wildman–Crippen MR) is 106 cm³/mol. The molecule has 0 N–H and O–H groups in total. The molecule has 7 heteroatoms. The third kappa shape index (κ3) is 4.08. The quantitative estimate of drug-likeness (QED) is 0.594. The number of pyridine rings is 1. The highest BCUT2D eigenvalue weighted by atomic mass is 35.5. The standard InChI is InChI=1S/C19H19ClN4OS/c1-3-23(18(25)11-14-6-8-16(26-2)9-7-14)17-13-24(22-19(17)20)15-5-4-10-21-12-15/h4-10,12-13H,3,11H2,1-2H3. The summed E-state index contributed by atoms with van der Waals surface area (Å²) in [6, 6.07) is 11.7. The zero-order valence-electron chi connectivity index (χ0n) is 14.6. The molecule has 0 aliphatic carbocycles. The molecular formula is C19H19ClN4OS. The summed E-state index contributed by atoms with van der Waals surface area (Å²) in [5.74, 6) is -0.0166. The van der Waals surface area contributed by atoms with Crippen molar-refractivity contribution in [3.05, 3.63) is 65.7 Å². The van der Waals surface area contributed by atoms with Crippen LogP contribution in [0.3, 0.4) is 0 Å². The molecular weight excluding hydrogens is 368 g/mol. The zero-order chi connectivity index (χ0) is 18.5. The molecule has 26 heavy (non-hydrogen) atoms. The molecule has 0 fully saturated rings. The van der Waals surface area contributed by atoms with Gasteiger partial charge in [-0.05, 0) is 43.0 Å². The van der Waals surface area contributed by atoms with Crippen molar-refractivity contribution in [1.29, 1.82) is 0 Å². The number of rotatable bonds is 6. The average molecular weight is 387 g/mol. The van der Waals surface area contributed by atoms with Gasteiger partial charge in [0, 0.05) is 17.6 Å². The molecule has 5 nitrogen and oxygen atoms in total. The van der Waals surface area contributed by atoms with Crippen molar-refractivity contribution in [3.8, 4) is 5.69 Å². The molecule has 0 unspecified atom stereocenters. The number of benzene rings is 1. The third-order valence-corrected chi connectivity index (χ3v) is 5.00. The van der Waals surface area contributed by atoms with Gasteiger partial charge >= 0.3 is 0 Å². The lowest BCUT2D eigenvalue weighted by Crippen LogP contribution is -2.32. The Bertz CT molecular complexity index is 880. The van der Waals surface area contributed by atoms with Crippen LogP contribution in [0.4, 0.5) is 5.69 Å². The van der Waals surface area contributed by atoms with E-state index < -0.39 is 0 Å². The summed E-state index contributed by atoms with van der Waals surface area (Å²) in [6.07, 6.45) is 7.49. The van der Waals surface area contributed by atoms with E-state index in [0.717, 1.165) is 11.3 Å². The fourth-order valence-corrected chi connectivity index (χ4v) is 3.28. The van der Waals surface area contributed by atoms with Gasteiger partial charge < -0.3 is 4.90 Å². The summed E-state index contributed by atoms with van der Waals surface area (Å²) in [4.78, 5) is 19.7. The van der Waals surface area contributed by atoms with Crippen LogP contribution in [-0.2, 0) is 11.2 Å². The van der Waals surface area contributed by atoms with E-state index in [0.29, 0.717) is 23.8 Å². The van der Waals surface area contributed by atoms with Gasteiger partial charge in [0.05, 0.1) is 24.5 Å². The van der Waals surface area contributed by atoms with Gasteiger partial charge in [0.25, 0.3) is 0 Å². The maximum Gasteiger partial charge on any atom is 0.231 e. The van der Waals surface area contributed by atoms with Crippen molar-refractivity contribution in [2.75, 3.05) is 17.7 Å². The van der Waals surface area contributed by atoms with Crippen LogP contribution in [0.1, 0.15) is 12.5 Å². The van der Waals surface area contributed by atoms with E-state index in [9.17, 15) is 4.79 Å². The summed E-state index contributed by atoms with van der Waals surface area (Å²) >= 11 is 7.98. The highest BCUT2D eigenvalue weighted by molar-refractivity contribution is 7.98. The second-order valence-corrected chi connectivity index (χ2v) is 6.86. The number of thioether (sulfide) groups is 1. The van der Waals surface area contributed by atoms with Crippen molar-refractivity contribution in [1.82, 2.24) is 14.8 Å². The highest BCUT2D eigenvalue weighted by Crippen LogP contribution is 2.26. The molecule has 0 spiro atoms. The van der Waals surface area contributed by atoms with E-state index in [2.05, 4.69) is 10.1 Å². The van der Waals surface area contributed by atoms with E-state index in [4.69, 9.17) is 11.6 Å². The zero-order valence-corrected chi connectivity index (χ0v) is 16.2. The molecule has 0 saturated heterocycles. The van der Waals surface area contributed by atoms with Crippen molar-refractivity contribution in [3.63, 3.8) is 0 Å². The number of aromatic nitrogens is 3. The average Bonchev–Trinajstić information content (AvgIpc) is 3.05. The summed E-state index contributed by atoms with van der Waals surface area (Å²) in [5.41, 5.74) is 2.36. The molecule has 0 atom stereocenters. The Morgan fingerprint density at radius 3 is 2.65 bits per heavy atom. The molecule has 2 aromatic heterocycles. The fraction of sp³-hybridized carbons (Fsp3) is 0.211. The first-order chi connectivity index (χ1) is 12.6. The predicted octanol–water partition coefficient (Wildman–Crippen LogP) is 4.24. The van der Waals surface area contributed by atoms with Gasteiger partial charge in [-0.25, -0.2) is 4.68 Å². The van der Waals surface area contributed by atoms with Crippen LogP contribution in [0.5, 0.6) is 0 Å². The SMILES string of the molecule is CCN(C(=O)Cc1ccc(SC)cc1)c1cn(-c2cccnc2)nc1Cl. The van der Waals surface area contributed by atoms with E-state index in [1.807, 2.05) is 49.6 Å². The van der Waals surface area contributed by atoms with Crippen LogP contribution in [0.2, 0.25) is 5.15 Å². The number of likely N-dealkylation sites (N-methyl/N-ethyl adjacent to an activating group) is 1. The Hall–Kier alpha value is -2.31. The molecule has 0 aliphatic rings. The first-order valence-electron chi connectivity index (χ1n) is 8.21. The van der Waals surface area contributed by atoms with E-state index in [1.54, 1.807) is 39.9 Å². The molecule has 3 rings (SSSR count). The molecule has 3 aromatic rings. The minimum Gasteiger partial charge on any atom is -0.308 e. The molecule has 2 heterocycles. The van der Waals surface area contributed by atoms with Crippen LogP contribution in [0, 0.1) is 0 Å². The summed E-state index contributed by atoms with van der Waals surface area (Å²) in [5, 5.41) is 4.60. The molecule has 0 radical (unpaired) electrons. The minimum atomic E-state index is -0.0166. The Morgan fingerprint density at radius 1 is 1.27 bits per heavy atom. The van der Waals surface area contributed by atoms with Gasteiger partial charge in [0.2, 0.25) is 5.91 Å². The Morgan fingerprint density at radius 2 is 2.04 bits per heavy atom. The monoisotopic (exact) mass is 386 g/mol. The van der Waals surface area contributed by atoms with Gasteiger partial charge in [-0.15, -0.1) is 11.8 Å². The normalized spacial score (nSPS) is 10.7. The van der Waals surface area contributed by atoms with Crippen molar-refractivity contribution in [2.24, 2.45) is 0 Å². The van der Waals surface area contributed by atoms with Crippen LogP contribution < -0.4 is 4.90 Å². The number of hydrogen-bond acceptors (Lipinski definition) is 4. The van der Waals surface area contributed by atoms with Gasteiger partial charge in [0.15, 0.2) is 5.15 Å². The first-order valence-corrected chi connectivity index (χ1v) is 9.81. The number of nitrogens with zero attached hydrogens (tertiary/aromatic N) is 4. The van der Waals surface area contributed by atoms with Crippen LogP contribution >= 0.6 is 23.4 Å². The maximum absolute atomic E-state index is 12.8. The molecule has 0 saturated carbocycles. The first kappa shape index (κ1) is 18.5. The summed E-state index contributed by atoms with van der Waals surface area (Å²) < 4.78 is 1.63. The number of halogens is 1. The van der Waals surface area contributed by atoms with Crippen molar-refractivity contribution < 1.29 is 4.79 Å². The lowest BCUT2D eigenvalue weighted by Gasteiger charge is -2.19. The lowest BCUT2D eigenvalue weighted by molar-refractivity contribution is -0.117. The number of amides is 1. The second kappa shape index (κ2) is 8.38. The van der Waals surface area contributed by atoms with E-state index in [1.165, 1.54) is 4.90 Å². The smallest absolute Gasteiger partial charge is 0.231 e. The number of carbonyl (C=O) groups is 1. The van der Waals surface area contributed by atoms with E-state index in [-0.39, 0.29) is 5.91 Å². The minimum absolute atomic E-state index is 0.0166. The van der Waals surface area contributed by atoms with Crippen LogP contribution in [-0.4, -0.2) is 33.5 Å². The van der Waals surface area contributed by atoms with Gasteiger partial charge in [-0.2, -0.15) is 5.10 Å². The van der Waals surface area contributed by atoms with Crippen LogP contribution in [0.25, 0.3) is 5.69 Å². The lowest BCUT2D eigenvalue weighted by atomic mass is 10.1. The molecule has 1 amide bonds. The second-order valence-electron chi connectivity index (χ2n) is 5.62. The Labute approximate surface area is 162 Å². The summed E-state index contributed by atoms with van der Waals surface area (Å²) in [7, 11) is 0. The largest absolute Gasteiger partial charge is 0.308 e. The van der Waals surface area contributed by atoms with Gasteiger partial charge in [-0.1, -0.05) is 23.7 Å². The topological polar surface area (TPSA) is 51.0 Å². The fourth-order valence-electron chi connectivity index (χ4n) is 2.64. The number of hydrogen-bond donors (Lipinski definition) is 0. The van der Waals surface area contributed by atoms with Crippen LogP contribution in [0.15, 0.2) is 59.9 Å². The molecule has 134 valence electrons. The van der Waals surface area contributed by atoms with Gasteiger partial charge in [-0.3, -0.25) is 9.78 Å². The Balaban J connectivity index is 1.81. The maximum atomic E-state index is 12.8. The third-order valence-electron chi connectivity index (χ3n) is 3.98. The van der Waals surface area contributed by atoms with Crippen molar-refractivity contribution in [2.45, 2.75) is 18.2 Å². The summed E-state index contributed by atoms with van der Waals surface area (Å²) in [6.45, 7) is 2.44. The van der Waals surface area contributed by atoms with Crippen molar-refractivity contribution >= 4 is 35.0 Å². The molecule has 0 aliphatic heterocycles. The number of carbonyl (C=O) groups excluding carboxylic acids is 1. The number of anilines is 1. The highest BCUT2D eigenvalue weighted by Gasteiger charge is 2.20. The molecule has 0 bridgehead atoms.